The number of aryl methyl sites for hydroxylation is 1. The number of benzene rings is 2. The molecule has 0 saturated heterocycles. The van der Waals surface area contributed by atoms with Crippen LogP contribution in [-0.4, -0.2) is 12.6 Å². The minimum Gasteiger partial charge on any atom is -0.462 e. The predicted molar refractivity (Wildman–Crippen MR) is 76.0 cm³/mol. The zero-order valence-electron chi connectivity index (χ0n) is 10.9. The summed E-state index contributed by atoms with van der Waals surface area (Å²) in [5.74, 6) is -0.355. The molecule has 0 aliphatic carbocycles. The normalized spacial score (nSPS) is 10.2. The Morgan fingerprint density at radius 1 is 1.11 bits per heavy atom. The molecule has 0 aromatic heterocycles. The number of carbonyl (C=O) groups is 1. The van der Waals surface area contributed by atoms with Crippen LogP contribution >= 0.6 is 0 Å². The number of anilines is 1. The van der Waals surface area contributed by atoms with E-state index in [1.165, 1.54) is 0 Å². The number of nitrogen functional groups attached to an aromatic ring is 1. The van der Waals surface area contributed by atoms with Crippen LogP contribution in [-0.2, 0) is 11.2 Å². The maximum absolute atomic E-state index is 12.0. The van der Waals surface area contributed by atoms with E-state index < -0.39 is 0 Å². The molecule has 2 N–H and O–H groups in total. The molecule has 0 aliphatic rings. The SMILES string of the molecule is Cc1cccc(N)c1C(=O)OCCc1ccccc1. The molecule has 0 bridgehead atoms. The molecule has 3 nitrogen and oxygen atoms in total. The third-order valence-electron chi connectivity index (χ3n) is 2.98. The summed E-state index contributed by atoms with van der Waals surface area (Å²) < 4.78 is 5.27. The summed E-state index contributed by atoms with van der Waals surface area (Å²) in [4.78, 5) is 12.0. The number of hydrogen-bond acceptors (Lipinski definition) is 3. The van der Waals surface area contributed by atoms with Gasteiger partial charge in [-0.15, -0.1) is 0 Å². The van der Waals surface area contributed by atoms with Gasteiger partial charge in [0.1, 0.15) is 0 Å². The quantitative estimate of drug-likeness (QED) is 0.675. The Hall–Kier alpha value is -2.29. The van der Waals surface area contributed by atoms with E-state index in [1.54, 1.807) is 6.07 Å². The standard InChI is InChI=1S/C16H17NO2/c1-12-6-5-9-14(17)15(12)16(18)19-11-10-13-7-3-2-4-8-13/h2-9H,10-11,17H2,1H3. The van der Waals surface area contributed by atoms with Crippen LogP contribution in [0.25, 0.3) is 0 Å². The molecule has 98 valence electrons. The van der Waals surface area contributed by atoms with Crippen molar-refractivity contribution in [1.29, 1.82) is 0 Å². The topological polar surface area (TPSA) is 52.3 Å². The maximum Gasteiger partial charge on any atom is 0.340 e. The fraction of sp³-hybridized carbons (Fsp3) is 0.188. The third-order valence-corrected chi connectivity index (χ3v) is 2.98. The van der Waals surface area contributed by atoms with E-state index in [4.69, 9.17) is 10.5 Å². The van der Waals surface area contributed by atoms with Crippen LogP contribution in [0.3, 0.4) is 0 Å². The third kappa shape index (κ3) is 3.35. The lowest BCUT2D eigenvalue weighted by Gasteiger charge is -2.09. The Morgan fingerprint density at radius 2 is 1.84 bits per heavy atom. The van der Waals surface area contributed by atoms with Crippen molar-refractivity contribution in [3.8, 4) is 0 Å². The summed E-state index contributed by atoms with van der Waals surface area (Å²) >= 11 is 0. The molecule has 0 heterocycles. The molecule has 2 aromatic carbocycles. The molecule has 0 atom stereocenters. The van der Waals surface area contributed by atoms with E-state index in [9.17, 15) is 4.79 Å². The molecule has 0 radical (unpaired) electrons. The molecule has 19 heavy (non-hydrogen) atoms. The lowest BCUT2D eigenvalue weighted by molar-refractivity contribution is 0.0510. The number of ether oxygens (including phenoxy) is 1. The molecule has 0 saturated carbocycles. The van der Waals surface area contributed by atoms with E-state index in [-0.39, 0.29) is 5.97 Å². The number of carbonyl (C=O) groups excluding carboxylic acids is 1. The summed E-state index contributed by atoms with van der Waals surface area (Å²) in [7, 11) is 0. The average molecular weight is 255 g/mol. The van der Waals surface area contributed by atoms with Gasteiger partial charge < -0.3 is 10.5 Å². The molecule has 0 fully saturated rings. The predicted octanol–water partition coefficient (Wildman–Crippen LogP) is 2.98. The van der Waals surface area contributed by atoms with Crippen molar-refractivity contribution < 1.29 is 9.53 Å². The van der Waals surface area contributed by atoms with Gasteiger partial charge in [0.15, 0.2) is 0 Å². The molecule has 3 heteroatoms. The molecular formula is C16H17NO2. The van der Waals surface area contributed by atoms with Gasteiger partial charge in [-0.25, -0.2) is 4.79 Å². The van der Waals surface area contributed by atoms with Crippen LogP contribution in [0.2, 0.25) is 0 Å². The second-order valence-corrected chi connectivity index (χ2v) is 4.41. The second kappa shape index (κ2) is 6.05. The van der Waals surface area contributed by atoms with Gasteiger partial charge in [0.25, 0.3) is 0 Å². The number of esters is 1. The van der Waals surface area contributed by atoms with E-state index >= 15 is 0 Å². The second-order valence-electron chi connectivity index (χ2n) is 4.41. The van der Waals surface area contributed by atoms with Gasteiger partial charge >= 0.3 is 5.97 Å². The van der Waals surface area contributed by atoms with Crippen molar-refractivity contribution in [3.05, 3.63) is 65.2 Å². The molecule has 0 aliphatic heterocycles. The fourth-order valence-electron chi connectivity index (χ4n) is 1.95. The highest BCUT2D eigenvalue weighted by Crippen LogP contribution is 2.17. The first-order chi connectivity index (χ1) is 9.18. The molecule has 0 spiro atoms. The molecule has 2 aromatic rings. The van der Waals surface area contributed by atoms with Crippen LogP contribution in [0, 0.1) is 6.92 Å². The Balaban J connectivity index is 1.95. The van der Waals surface area contributed by atoms with Crippen molar-refractivity contribution in [2.45, 2.75) is 13.3 Å². The monoisotopic (exact) mass is 255 g/mol. The first-order valence-electron chi connectivity index (χ1n) is 6.24. The number of rotatable bonds is 4. The zero-order valence-corrected chi connectivity index (χ0v) is 10.9. The molecular weight excluding hydrogens is 238 g/mol. The Labute approximate surface area is 113 Å². The van der Waals surface area contributed by atoms with Crippen LogP contribution in [0.5, 0.6) is 0 Å². The van der Waals surface area contributed by atoms with Gasteiger partial charge in [-0.3, -0.25) is 0 Å². The number of hydrogen-bond donors (Lipinski definition) is 1. The van der Waals surface area contributed by atoms with Gasteiger partial charge in [-0.2, -0.15) is 0 Å². The van der Waals surface area contributed by atoms with E-state index in [0.717, 1.165) is 11.1 Å². The van der Waals surface area contributed by atoms with E-state index in [2.05, 4.69) is 0 Å². The minimum absolute atomic E-state index is 0.355. The van der Waals surface area contributed by atoms with Gasteiger partial charge in [0.2, 0.25) is 0 Å². The Kier molecular flexibility index (Phi) is 4.18. The summed E-state index contributed by atoms with van der Waals surface area (Å²) in [6.07, 6.45) is 0.707. The first-order valence-corrected chi connectivity index (χ1v) is 6.24. The highest BCUT2D eigenvalue weighted by atomic mass is 16.5. The molecule has 0 amide bonds. The summed E-state index contributed by atoms with van der Waals surface area (Å²) in [5, 5.41) is 0. The van der Waals surface area contributed by atoms with Gasteiger partial charge in [0, 0.05) is 12.1 Å². The van der Waals surface area contributed by atoms with Crippen molar-refractivity contribution in [1.82, 2.24) is 0 Å². The van der Waals surface area contributed by atoms with Crippen molar-refractivity contribution in [2.24, 2.45) is 0 Å². The van der Waals surface area contributed by atoms with Crippen LogP contribution < -0.4 is 5.73 Å². The molecule has 2 rings (SSSR count). The Bertz CT molecular complexity index is 544. The van der Waals surface area contributed by atoms with Crippen molar-refractivity contribution in [3.63, 3.8) is 0 Å². The highest BCUT2D eigenvalue weighted by molar-refractivity contribution is 5.96. The van der Waals surface area contributed by atoms with E-state index in [1.807, 2.05) is 49.4 Å². The lowest BCUT2D eigenvalue weighted by atomic mass is 10.1. The summed E-state index contributed by atoms with van der Waals surface area (Å²) in [6.45, 7) is 2.21. The fourth-order valence-corrected chi connectivity index (χ4v) is 1.95. The summed E-state index contributed by atoms with van der Waals surface area (Å²) in [5.41, 5.74) is 8.72. The maximum atomic E-state index is 12.0. The number of nitrogens with two attached hydrogens (primary N) is 1. The summed E-state index contributed by atoms with van der Waals surface area (Å²) in [6, 6.07) is 15.3. The molecule has 0 unspecified atom stereocenters. The van der Waals surface area contributed by atoms with E-state index in [0.29, 0.717) is 24.3 Å². The van der Waals surface area contributed by atoms with Gasteiger partial charge in [0.05, 0.1) is 12.2 Å². The smallest absolute Gasteiger partial charge is 0.340 e. The minimum atomic E-state index is -0.355. The first kappa shape index (κ1) is 13.1. The van der Waals surface area contributed by atoms with Crippen LogP contribution in [0.1, 0.15) is 21.5 Å². The average Bonchev–Trinajstić information content (AvgIpc) is 2.40. The lowest BCUT2D eigenvalue weighted by Crippen LogP contribution is -2.12. The van der Waals surface area contributed by atoms with Gasteiger partial charge in [-0.1, -0.05) is 42.5 Å². The largest absolute Gasteiger partial charge is 0.462 e. The zero-order chi connectivity index (χ0) is 13.7. The van der Waals surface area contributed by atoms with Crippen LogP contribution in [0.4, 0.5) is 5.69 Å². The van der Waals surface area contributed by atoms with Crippen molar-refractivity contribution in [2.75, 3.05) is 12.3 Å². The highest BCUT2D eigenvalue weighted by Gasteiger charge is 2.13. The van der Waals surface area contributed by atoms with Crippen molar-refractivity contribution >= 4 is 11.7 Å². The van der Waals surface area contributed by atoms with Crippen LogP contribution in [0.15, 0.2) is 48.5 Å². The Morgan fingerprint density at radius 3 is 2.53 bits per heavy atom. The van der Waals surface area contributed by atoms with Gasteiger partial charge in [-0.05, 0) is 24.1 Å².